The van der Waals surface area contributed by atoms with Crippen LogP contribution < -0.4 is 4.74 Å². The van der Waals surface area contributed by atoms with Crippen molar-refractivity contribution in [3.05, 3.63) is 34.4 Å². The third-order valence-electron chi connectivity index (χ3n) is 5.42. The van der Waals surface area contributed by atoms with Crippen LogP contribution in [0.2, 0.25) is 0 Å². The molecule has 1 aliphatic heterocycles. The molecule has 2 nitrogen and oxygen atoms in total. The molecule has 0 saturated heterocycles. The number of rotatable bonds is 4. The highest BCUT2D eigenvalue weighted by molar-refractivity contribution is 5.56. The predicted octanol–water partition coefficient (Wildman–Crippen LogP) is 5.74. The Hall–Kier alpha value is -1.44. The summed E-state index contributed by atoms with van der Waals surface area (Å²) >= 11 is 0. The van der Waals surface area contributed by atoms with Crippen LogP contribution in [0.1, 0.15) is 76.8 Å². The average molecular weight is 314 g/mol. The van der Waals surface area contributed by atoms with Crippen molar-refractivity contribution in [1.82, 2.24) is 0 Å². The standard InChI is InChI=1S/C21H30O2/c1-5-6-7-8-15-11-17(22)21-16-9-14(4)10-18(20(16)13(2)3)23-19(21)12-15/h11-12,14,16,18,22H,5-10H2,1-4H3. The highest BCUT2D eigenvalue weighted by Crippen LogP contribution is 2.53. The van der Waals surface area contributed by atoms with Gasteiger partial charge in [-0.05, 0) is 68.7 Å². The molecule has 1 saturated carbocycles. The van der Waals surface area contributed by atoms with Crippen LogP contribution in [0, 0.1) is 5.92 Å². The molecule has 1 heterocycles. The van der Waals surface area contributed by atoms with Gasteiger partial charge in [-0.1, -0.05) is 32.3 Å². The van der Waals surface area contributed by atoms with Gasteiger partial charge in [0, 0.05) is 11.5 Å². The van der Waals surface area contributed by atoms with E-state index in [1.165, 1.54) is 36.0 Å². The topological polar surface area (TPSA) is 29.5 Å². The third kappa shape index (κ3) is 3.13. The lowest BCUT2D eigenvalue weighted by molar-refractivity contribution is 0.143. The van der Waals surface area contributed by atoms with Crippen molar-refractivity contribution in [3.63, 3.8) is 0 Å². The minimum absolute atomic E-state index is 0.201. The molecule has 2 bridgehead atoms. The van der Waals surface area contributed by atoms with E-state index in [1.54, 1.807) is 0 Å². The van der Waals surface area contributed by atoms with Crippen molar-refractivity contribution in [2.45, 2.75) is 78.2 Å². The molecule has 126 valence electrons. The smallest absolute Gasteiger partial charge is 0.128 e. The fourth-order valence-electron chi connectivity index (χ4n) is 4.39. The molecule has 3 unspecified atom stereocenters. The van der Waals surface area contributed by atoms with Gasteiger partial charge in [0.2, 0.25) is 0 Å². The first kappa shape index (κ1) is 16.4. The van der Waals surface area contributed by atoms with Gasteiger partial charge in [-0.25, -0.2) is 0 Å². The van der Waals surface area contributed by atoms with Crippen molar-refractivity contribution in [2.75, 3.05) is 0 Å². The summed E-state index contributed by atoms with van der Waals surface area (Å²) in [6.45, 7) is 8.87. The first-order valence-electron chi connectivity index (χ1n) is 9.21. The molecule has 1 aromatic rings. The minimum atomic E-state index is 0.201. The molecular weight excluding hydrogens is 284 g/mol. The molecule has 3 atom stereocenters. The zero-order chi connectivity index (χ0) is 16.6. The number of ether oxygens (including phenoxy) is 1. The van der Waals surface area contributed by atoms with Gasteiger partial charge in [0.1, 0.15) is 17.6 Å². The maximum absolute atomic E-state index is 10.7. The van der Waals surface area contributed by atoms with Crippen molar-refractivity contribution >= 4 is 0 Å². The van der Waals surface area contributed by atoms with E-state index in [1.807, 2.05) is 6.07 Å². The van der Waals surface area contributed by atoms with Gasteiger partial charge in [0.05, 0.1) is 0 Å². The van der Waals surface area contributed by atoms with Crippen LogP contribution >= 0.6 is 0 Å². The summed E-state index contributed by atoms with van der Waals surface area (Å²) in [5, 5.41) is 10.7. The van der Waals surface area contributed by atoms with Crippen molar-refractivity contribution < 1.29 is 9.84 Å². The Morgan fingerprint density at radius 3 is 2.70 bits per heavy atom. The van der Waals surface area contributed by atoms with Crippen LogP contribution in [0.25, 0.3) is 0 Å². The summed E-state index contributed by atoms with van der Waals surface area (Å²) < 4.78 is 6.36. The van der Waals surface area contributed by atoms with E-state index in [0.29, 0.717) is 17.6 Å². The lowest BCUT2D eigenvalue weighted by Crippen LogP contribution is -2.36. The van der Waals surface area contributed by atoms with E-state index in [4.69, 9.17) is 4.74 Å². The zero-order valence-corrected chi connectivity index (χ0v) is 15.0. The summed E-state index contributed by atoms with van der Waals surface area (Å²) in [5.41, 5.74) is 5.00. The van der Waals surface area contributed by atoms with Crippen molar-refractivity contribution in [2.24, 2.45) is 5.92 Å². The second kappa shape index (κ2) is 6.59. The van der Waals surface area contributed by atoms with Gasteiger partial charge in [-0.15, -0.1) is 0 Å². The van der Waals surface area contributed by atoms with Crippen LogP contribution in [0.3, 0.4) is 0 Å². The van der Waals surface area contributed by atoms with Gasteiger partial charge in [0.25, 0.3) is 0 Å². The Balaban J connectivity index is 1.98. The number of hydrogen-bond acceptors (Lipinski definition) is 2. The Morgan fingerprint density at radius 2 is 2.00 bits per heavy atom. The fraction of sp³-hybridized carbons (Fsp3) is 0.619. The minimum Gasteiger partial charge on any atom is -0.507 e. The molecule has 1 N–H and O–H groups in total. The second-order valence-corrected chi connectivity index (χ2v) is 7.67. The highest BCUT2D eigenvalue weighted by atomic mass is 16.5. The van der Waals surface area contributed by atoms with Crippen LogP contribution in [-0.4, -0.2) is 11.2 Å². The summed E-state index contributed by atoms with van der Waals surface area (Å²) in [5.74, 6) is 2.35. The Kier molecular flexibility index (Phi) is 4.70. The molecule has 0 aromatic heterocycles. The van der Waals surface area contributed by atoms with E-state index in [2.05, 4.69) is 33.8 Å². The van der Waals surface area contributed by atoms with Gasteiger partial charge < -0.3 is 9.84 Å². The number of phenolic OH excluding ortho intramolecular Hbond substituents is 1. The first-order chi connectivity index (χ1) is 11.0. The van der Waals surface area contributed by atoms with Gasteiger partial charge >= 0.3 is 0 Å². The molecule has 23 heavy (non-hydrogen) atoms. The lowest BCUT2D eigenvalue weighted by Gasteiger charge is -2.43. The number of allylic oxidation sites excluding steroid dienone is 1. The zero-order valence-electron chi connectivity index (χ0n) is 15.0. The number of aromatic hydroxyl groups is 1. The van der Waals surface area contributed by atoms with Crippen LogP contribution in [0.15, 0.2) is 23.3 Å². The van der Waals surface area contributed by atoms with E-state index < -0.39 is 0 Å². The predicted molar refractivity (Wildman–Crippen MR) is 95.3 cm³/mol. The summed E-state index contributed by atoms with van der Waals surface area (Å²) in [7, 11) is 0. The molecule has 2 aliphatic rings. The number of aryl methyl sites for hydroxylation is 1. The van der Waals surface area contributed by atoms with Gasteiger partial charge in [-0.2, -0.15) is 0 Å². The average Bonchev–Trinajstić information content (AvgIpc) is 2.45. The number of benzene rings is 1. The number of phenols is 1. The molecule has 0 radical (unpaired) electrons. The Morgan fingerprint density at radius 1 is 1.22 bits per heavy atom. The quantitative estimate of drug-likeness (QED) is 0.567. The molecule has 1 aliphatic carbocycles. The number of fused-ring (bicyclic) bond motifs is 4. The highest BCUT2D eigenvalue weighted by Gasteiger charge is 2.41. The summed E-state index contributed by atoms with van der Waals surface area (Å²) in [6.07, 6.45) is 7.08. The van der Waals surface area contributed by atoms with E-state index in [-0.39, 0.29) is 6.10 Å². The first-order valence-corrected chi connectivity index (χ1v) is 9.21. The molecule has 0 spiro atoms. The van der Waals surface area contributed by atoms with Gasteiger partial charge in [0.15, 0.2) is 0 Å². The van der Waals surface area contributed by atoms with E-state index in [0.717, 1.165) is 30.6 Å². The third-order valence-corrected chi connectivity index (χ3v) is 5.42. The van der Waals surface area contributed by atoms with Crippen LogP contribution in [0.4, 0.5) is 0 Å². The molecule has 2 heteroatoms. The normalized spacial score (nSPS) is 25.7. The molecule has 1 aromatic carbocycles. The monoisotopic (exact) mass is 314 g/mol. The van der Waals surface area contributed by atoms with Crippen molar-refractivity contribution in [3.8, 4) is 11.5 Å². The SMILES string of the molecule is CCCCCc1cc(O)c2c(c1)OC1CC(C)CC2C1=C(C)C. The molecule has 1 fully saturated rings. The van der Waals surface area contributed by atoms with Gasteiger partial charge in [-0.3, -0.25) is 0 Å². The lowest BCUT2D eigenvalue weighted by atomic mass is 9.70. The van der Waals surface area contributed by atoms with Crippen LogP contribution in [0.5, 0.6) is 11.5 Å². The molecular formula is C21H30O2. The number of unbranched alkanes of at least 4 members (excludes halogenated alkanes) is 2. The fourth-order valence-corrected chi connectivity index (χ4v) is 4.39. The van der Waals surface area contributed by atoms with E-state index in [9.17, 15) is 5.11 Å². The Labute approximate surface area is 140 Å². The molecule has 0 amide bonds. The maximum Gasteiger partial charge on any atom is 0.128 e. The number of hydrogen-bond donors (Lipinski definition) is 1. The Bertz CT molecular complexity index is 611. The summed E-state index contributed by atoms with van der Waals surface area (Å²) in [4.78, 5) is 0. The largest absolute Gasteiger partial charge is 0.507 e. The summed E-state index contributed by atoms with van der Waals surface area (Å²) in [6, 6.07) is 4.16. The van der Waals surface area contributed by atoms with Crippen molar-refractivity contribution in [1.29, 1.82) is 0 Å². The molecule has 3 rings (SSSR count). The van der Waals surface area contributed by atoms with E-state index >= 15 is 0 Å². The maximum atomic E-state index is 10.7. The second-order valence-electron chi connectivity index (χ2n) is 7.67. The van der Waals surface area contributed by atoms with Crippen LogP contribution in [-0.2, 0) is 6.42 Å².